The molecule has 1 rings (SSSR count). The van der Waals surface area contributed by atoms with Crippen LogP contribution in [0.4, 0.5) is 4.79 Å². The van der Waals surface area contributed by atoms with Crippen LogP contribution in [0.25, 0.3) is 0 Å². The van der Waals surface area contributed by atoms with Crippen LogP contribution in [0, 0.1) is 5.92 Å². The molecule has 4 nitrogen and oxygen atoms in total. The summed E-state index contributed by atoms with van der Waals surface area (Å²) in [6.07, 6.45) is 2.69. The number of hydrogen-bond donors (Lipinski definition) is 2. The van der Waals surface area contributed by atoms with Crippen LogP contribution >= 0.6 is 0 Å². The van der Waals surface area contributed by atoms with E-state index in [1.54, 1.807) is 0 Å². The van der Waals surface area contributed by atoms with Gasteiger partial charge in [-0.1, -0.05) is 0 Å². The lowest BCUT2D eigenvalue weighted by atomic mass is 9.86. The van der Waals surface area contributed by atoms with E-state index in [0.717, 1.165) is 32.2 Å². The first-order chi connectivity index (χ1) is 5.72. The molecule has 1 aliphatic carbocycles. The summed E-state index contributed by atoms with van der Waals surface area (Å²) in [5.74, 6) is 0.588. The van der Waals surface area contributed by atoms with E-state index in [0.29, 0.717) is 5.92 Å². The Kier molecular flexibility index (Phi) is 3.34. The monoisotopic (exact) mass is 171 g/mol. The van der Waals surface area contributed by atoms with Crippen molar-refractivity contribution in [2.75, 3.05) is 6.54 Å². The molecule has 4 heteroatoms. The van der Waals surface area contributed by atoms with Crippen LogP contribution in [-0.4, -0.2) is 18.7 Å². The van der Waals surface area contributed by atoms with Crippen LogP contribution < -0.4 is 16.2 Å². The number of nitrogens with two attached hydrogens (primary N) is 1. The van der Waals surface area contributed by atoms with Crippen molar-refractivity contribution in [1.29, 1.82) is 0 Å². The molecule has 0 spiro atoms. The molecule has 0 radical (unpaired) electrons. The van der Waals surface area contributed by atoms with Gasteiger partial charge in [0.25, 0.3) is 0 Å². The molecule has 12 heavy (non-hydrogen) atoms. The van der Waals surface area contributed by atoms with E-state index < -0.39 is 6.09 Å². The SMILES string of the molecule is NCC1CCC(NC(=O)[O-])CC1. The van der Waals surface area contributed by atoms with Crippen molar-refractivity contribution in [2.45, 2.75) is 31.7 Å². The summed E-state index contributed by atoms with van der Waals surface area (Å²) in [5, 5.41) is 12.6. The van der Waals surface area contributed by atoms with Gasteiger partial charge in [0.2, 0.25) is 0 Å². The van der Waals surface area contributed by atoms with Crippen LogP contribution in [0.1, 0.15) is 25.7 Å². The third-order valence-corrected chi connectivity index (χ3v) is 2.50. The van der Waals surface area contributed by atoms with Gasteiger partial charge in [-0.05, 0) is 38.1 Å². The molecular formula is C8H15N2O2-. The standard InChI is InChI=1S/C8H16N2O2/c9-5-6-1-3-7(4-2-6)10-8(11)12/h6-7,10H,1-5,9H2,(H,11,12)/p-1. The highest BCUT2D eigenvalue weighted by Gasteiger charge is 2.19. The van der Waals surface area contributed by atoms with Gasteiger partial charge in [-0.25, -0.2) is 0 Å². The normalized spacial score (nSPS) is 29.8. The molecular weight excluding hydrogens is 156 g/mol. The summed E-state index contributed by atoms with van der Waals surface area (Å²) in [4.78, 5) is 10.2. The van der Waals surface area contributed by atoms with Gasteiger partial charge in [-0.3, -0.25) is 0 Å². The highest BCUT2D eigenvalue weighted by atomic mass is 16.4. The van der Waals surface area contributed by atoms with E-state index in [2.05, 4.69) is 5.32 Å². The summed E-state index contributed by atoms with van der Waals surface area (Å²) in [6, 6.07) is 0.0952. The van der Waals surface area contributed by atoms with Crippen LogP contribution in [0.15, 0.2) is 0 Å². The smallest absolute Gasteiger partial charge is 0.134 e. The molecule has 0 saturated heterocycles. The predicted octanol–water partition coefficient (Wildman–Crippen LogP) is -0.563. The Morgan fingerprint density at radius 2 is 2.00 bits per heavy atom. The van der Waals surface area contributed by atoms with E-state index in [9.17, 15) is 9.90 Å². The Morgan fingerprint density at radius 3 is 2.42 bits per heavy atom. The van der Waals surface area contributed by atoms with Crippen LogP contribution in [0.5, 0.6) is 0 Å². The molecule has 0 unspecified atom stereocenters. The maximum atomic E-state index is 10.2. The number of nitrogens with one attached hydrogen (secondary N) is 1. The molecule has 70 valence electrons. The molecule has 1 fully saturated rings. The third-order valence-electron chi connectivity index (χ3n) is 2.50. The number of carbonyl (C=O) groups excluding carboxylic acids is 1. The van der Waals surface area contributed by atoms with Crippen molar-refractivity contribution in [2.24, 2.45) is 11.7 Å². The summed E-state index contributed by atoms with van der Waals surface area (Å²) in [5.41, 5.74) is 5.50. The molecule has 0 aromatic heterocycles. The summed E-state index contributed by atoms with van der Waals surface area (Å²) in [6.45, 7) is 0.720. The second-order valence-corrected chi connectivity index (χ2v) is 3.39. The maximum absolute atomic E-state index is 10.2. The van der Waals surface area contributed by atoms with Gasteiger partial charge in [0.05, 0.1) is 0 Å². The Morgan fingerprint density at radius 1 is 1.42 bits per heavy atom. The summed E-state index contributed by atoms with van der Waals surface area (Å²) < 4.78 is 0. The predicted molar refractivity (Wildman–Crippen MR) is 43.3 cm³/mol. The van der Waals surface area contributed by atoms with Crippen LogP contribution in [0.3, 0.4) is 0 Å². The second kappa shape index (κ2) is 4.30. The van der Waals surface area contributed by atoms with E-state index in [1.165, 1.54) is 0 Å². The van der Waals surface area contributed by atoms with E-state index >= 15 is 0 Å². The lowest BCUT2D eigenvalue weighted by Crippen LogP contribution is -2.45. The summed E-state index contributed by atoms with van der Waals surface area (Å²) in [7, 11) is 0. The quantitative estimate of drug-likeness (QED) is 0.584. The Hall–Kier alpha value is -0.770. The number of hydrogen-bond acceptors (Lipinski definition) is 3. The van der Waals surface area contributed by atoms with Crippen molar-refractivity contribution in [1.82, 2.24) is 5.32 Å². The molecule has 1 saturated carbocycles. The number of carbonyl (C=O) groups is 1. The molecule has 0 aromatic carbocycles. The maximum Gasteiger partial charge on any atom is 0.134 e. The molecule has 0 aromatic rings. The summed E-state index contributed by atoms with van der Waals surface area (Å²) >= 11 is 0. The minimum atomic E-state index is -1.16. The Balaban J connectivity index is 2.21. The second-order valence-electron chi connectivity index (χ2n) is 3.39. The molecule has 0 aliphatic heterocycles. The van der Waals surface area contributed by atoms with Gasteiger partial charge >= 0.3 is 0 Å². The Bertz CT molecular complexity index is 153. The molecule has 1 aliphatic rings. The average molecular weight is 171 g/mol. The van der Waals surface area contributed by atoms with Gasteiger partial charge in [0.1, 0.15) is 6.09 Å². The highest BCUT2D eigenvalue weighted by Crippen LogP contribution is 2.22. The van der Waals surface area contributed by atoms with Crippen molar-refractivity contribution < 1.29 is 9.90 Å². The fourth-order valence-corrected chi connectivity index (χ4v) is 1.71. The van der Waals surface area contributed by atoms with Crippen molar-refractivity contribution in [3.8, 4) is 0 Å². The Labute approximate surface area is 72.1 Å². The minimum absolute atomic E-state index is 0.0952. The fourth-order valence-electron chi connectivity index (χ4n) is 1.71. The number of carboxylic acid groups (broad SMARTS) is 1. The van der Waals surface area contributed by atoms with E-state index in [-0.39, 0.29) is 6.04 Å². The van der Waals surface area contributed by atoms with Gasteiger partial charge in [-0.2, -0.15) is 0 Å². The third kappa shape index (κ3) is 2.70. The largest absolute Gasteiger partial charge is 0.530 e. The fraction of sp³-hybridized carbons (Fsp3) is 0.875. The van der Waals surface area contributed by atoms with Gasteiger partial charge < -0.3 is 21.0 Å². The van der Waals surface area contributed by atoms with Gasteiger partial charge in [-0.15, -0.1) is 0 Å². The van der Waals surface area contributed by atoms with Gasteiger partial charge in [0.15, 0.2) is 0 Å². The topological polar surface area (TPSA) is 78.2 Å². The molecule has 0 heterocycles. The van der Waals surface area contributed by atoms with Gasteiger partial charge in [0, 0.05) is 6.04 Å². The lowest BCUT2D eigenvalue weighted by molar-refractivity contribution is -0.251. The van der Waals surface area contributed by atoms with Crippen LogP contribution in [-0.2, 0) is 0 Å². The molecule has 0 bridgehead atoms. The zero-order chi connectivity index (χ0) is 8.97. The molecule has 1 amide bonds. The lowest BCUT2D eigenvalue weighted by Gasteiger charge is -2.28. The number of amides is 1. The highest BCUT2D eigenvalue weighted by molar-refractivity contribution is 5.62. The van der Waals surface area contributed by atoms with Crippen molar-refractivity contribution in [3.63, 3.8) is 0 Å². The van der Waals surface area contributed by atoms with Crippen molar-refractivity contribution in [3.05, 3.63) is 0 Å². The first-order valence-corrected chi connectivity index (χ1v) is 4.40. The number of rotatable bonds is 2. The van der Waals surface area contributed by atoms with E-state index in [1.807, 2.05) is 0 Å². The van der Waals surface area contributed by atoms with Crippen molar-refractivity contribution >= 4 is 6.09 Å². The molecule has 0 atom stereocenters. The first-order valence-electron chi connectivity index (χ1n) is 4.40. The zero-order valence-corrected chi connectivity index (χ0v) is 7.08. The first kappa shape index (κ1) is 9.32. The van der Waals surface area contributed by atoms with Crippen LogP contribution in [0.2, 0.25) is 0 Å². The minimum Gasteiger partial charge on any atom is -0.530 e. The van der Waals surface area contributed by atoms with E-state index in [4.69, 9.17) is 5.73 Å². The molecule has 3 N–H and O–H groups in total. The average Bonchev–Trinajstić information content (AvgIpc) is 2.05. The zero-order valence-electron chi connectivity index (χ0n) is 7.08.